The molecule has 0 aliphatic rings. The minimum Gasteiger partial charge on any atom is -0.385 e. The first-order valence-corrected chi connectivity index (χ1v) is 9.45. The molecule has 0 fully saturated rings. The van der Waals surface area contributed by atoms with E-state index in [4.69, 9.17) is 16.3 Å². The Balaban J connectivity index is 2.03. The fourth-order valence-corrected chi connectivity index (χ4v) is 3.31. The third-order valence-electron chi connectivity index (χ3n) is 3.37. The third kappa shape index (κ3) is 5.54. The van der Waals surface area contributed by atoms with Crippen LogP contribution in [-0.2, 0) is 14.8 Å². The average Bonchev–Trinajstić information content (AvgIpc) is 2.61. The Morgan fingerprint density at radius 3 is 2.44 bits per heavy atom. The first-order chi connectivity index (χ1) is 11.9. The lowest BCUT2D eigenvalue weighted by molar-refractivity contribution is 0.102. The molecule has 0 aliphatic heterocycles. The number of carbonyl (C=O) groups excluding carboxylic acids is 1. The number of sulfonamides is 1. The van der Waals surface area contributed by atoms with Crippen molar-refractivity contribution in [3.05, 3.63) is 59.1 Å². The number of hydrogen-bond donors (Lipinski definition) is 2. The van der Waals surface area contributed by atoms with Gasteiger partial charge >= 0.3 is 0 Å². The van der Waals surface area contributed by atoms with Crippen LogP contribution in [0.3, 0.4) is 0 Å². The number of amides is 1. The second kappa shape index (κ2) is 8.96. The van der Waals surface area contributed by atoms with Crippen LogP contribution < -0.4 is 10.0 Å². The minimum atomic E-state index is -3.61. The summed E-state index contributed by atoms with van der Waals surface area (Å²) < 4.78 is 31.6. The molecule has 2 N–H and O–H groups in total. The van der Waals surface area contributed by atoms with Gasteiger partial charge in [0.1, 0.15) is 0 Å². The predicted molar refractivity (Wildman–Crippen MR) is 97.5 cm³/mol. The van der Waals surface area contributed by atoms with Gasteiger partial charge in [0, 0.05) is 25.8 Å². The van der Waals surface area contributed by atoms with Crippen molar-refractivity contribution in [2.45, 2.75) is 11.3 Å². The maximum atomic E-state index is 12.2. The number of methoxy groups -OCH3 is 1. The van der Waals surface area contributed by atoms with Gasteiger partial charge in [0.15, 0.2) is 0 Å². The molecule has 0 unspecified atom stereocenters. The standard InChI is InChI=1S/C17H19ClN2O4S/c1-24-12-4-11-19-25(22,23)14-9-7-13(8-10-14)17(21)20-16-6-3-2-5-15(16)18/h2-3,5-10,19H,4,11-12H2,1H3,(H,20,21). The Labute approximate surface area is 152 Å². The van der Waals surface area contributed by atoms with Crippen molar-refractivity contribution in [1.29, 1.82) is 0 Å². The number of hydrogen-bond acceptors (Lipinski definition) is 4. The van der Waals surface area contributed by atoms with Crippen molar-refractivity contribution in [3.63, 3.8) is 0 Å². The number of rotatable bonds is 8. The lowest BCUT2D eigenvalue weighted by Gasteiger charge is -2.09. The van der Waals surface area contributed by atoms with Crippen LogP contribution in [0.2, 0.25) is 5.02 Å². The Morgan fingerprint density at radius 1 is 1.12 bits per heavy atom. The van der Waals surface area contributed by atoms with Gasteiger partial charge in [-0.2, -0.15) is 0 Å². The fraction of sp³-hybridized carbons (Fsp3) is 0.235. The number of benzene rings is 2. The molecule has 0 radical (unpaired) electrons. The summed E-state index contributed by atoms with van der Waals surface area (Å²) in [5.41, 5.74) is 0.823. The van der Waals surface area contributed by atoms with Crippen molar-refractivity contribution in [2.75, 3.05) is 25.6 Å². The van der Waals surface area contributed by atoms with Crippen molar-refractivity contribution >= 4 is 33.2 Å². The Hall–Kier alpha value is -1.93. The zero-order chi connectivity index (χ0) is 18.3. The molecule has 0 bridgehead atoms. The summed E-state index contributed by atoms with van der Waals surface area (Å²) in [6.45, 7) is 0.759. The fourth-order valence-electron chi connectivity index (χ4n) is 2.05. The van der Waals surface area contributed by atoms with Gasteiger partial charge in [-0.3, -0.25) is 4.79 Å². The number of anilines is 1. The quantitative estimate of drug-likeness (QED) is 0.687. The lowest BCUT2D eigenvalue weighted by Crippen LogP contribution is -2.25. The molecule has 2 aromatic rings. The van der Waals surface area contributed by atoms with Crippen molar-refractivity contribution in [2.24, 2.45) is 0 Å². The highest BCUT2D eigenvalue weighted by molar-refractivity contribution is 7.89. The SMILES string of the molecule is COCCCNS(=O)(=O)c1ccc(C(=O)Nc2ccccc2Cl)cc1. The van der Waals surface area contributed by atoms with Crippen molar-refractivity contribution in [3.8, 4) is 0 Å². The van der Waals surface area contributed by atoms with Gasteiger partial charge in [0.25, 0.3) is 5.91 Å². The van der Waals surface area contributed by atoms with Gasteiger partial charge in [0.05, 0.1) is 15.6 Å². The van der Waals surface area contributed by atoms with E-state index in [9.17, 15) is 13.2 Å². The number of ether oxygens (including phenoxy) is 1. The average molecular weight is 383 g/mol. The summed E-state index contributed by atoms with van der Waals surface area (Å²) in [4.78, 5) is 12.3. The number of halogens is 1. The topological polar surface area (TPSA) is 84.5 Å². The molecule has 0 aromatic heterocycles. The van der Waals surface area contributed by atoms with Gasteiger partial charge in [-0.25, -0.2) is 13.1 Å². The maximum absolute atomic E-state index is 12.2. The summed E-state index contributed by atoms with van der Waals surface area (Å²) in [6, 6.07) is 12.6. The normalized spacial score (nSPS) is 11.3. The van der Waals surface area contributed by atoms with E-state index >= 15 is 0 Å². The number of para-hydroxylation sites is 1. The van der Waals surface area contributed by atoms with E-state index in [1.807, 2.05) is 0 Å². The molecule has 1 amide bonds. The summed E-state index contributed by atoms with van der Waals surface area (Å²) in [6.07, 6.45) is 0.577. The highest BCUT2D eigenvalue weighted by Gasteiger charge is 2.15. The van der Waals surface area contributed by atoms with E-state index < -0.39 is 10.0 Å². The Morgan fingerprint density at radius 2 is 1.80 bits per heavy atom. The van der Waals surface area contributed by atoms with Crippen LogP contribution in [0.5, 0.6) is 0 Å². The van der Waals surface area contributed by atoms with E-state index in [0.29, 0.717) is 29.3 Å². The van der Waals surface area contributed by atoms with Gasteiger partial charge < -0.3 is 10.1 Å². The minimum absolute atomic E-state index is 0.0965. The van der Waals surface area contributed by atoms with Crippen LogP contribution in [0.15, 0.2) is 53.4 Å². The Bertz CT molecular complexity index is 823. The van der Waals surface area contributed by atoms with Crippen molar-refractivity contribution < 1.29 is 17.9 Å². The van der Waals surface area contributed by atoms with Gasteiger partial charge in [-0.1, -0.05) is 23.7 Å². The number of carbonyl (C=O) groups is 1. The van der Waals surface area contributed by atoms with E-state index in [2.05, 4.69) is 10.0 Å². The second-order valence-electron chi connectivity index (χ2n) is 5.20. The van der Waals surface area contributed by atoms with Gasteiger partial charge in [-0.05, 0) is 42.8 Å². The molecule has 0 saturated carbocycles. The van der Waals surface area contributed by atoms with Crippen LogP contribution in [0.25, 0.3) is 0 Å². The molecule has 2 aromatic carbocycles. The summed E-state index contributed by atoms with van der Waals surface area (Å²) in [5, 5.41) is 3.11. The molecule has 0 spiro atoms. The smallest absolute Gasteiger partial charge is 0.255 e. The van der Waals surface area contributed by atoms with Crippen LogP contribution in [0, 0.1) is 0 Å². The third-order valence-corrected chi connectivity index (χ3v) is 5.17. The number of nitrogens with one attached hydrogen (secondary N) is 2. The van der Waals surface area contributed by atoms with Crippen LogP contribution in [0.4, 0.5) is 5.69 Å². The summed E-state index contributed by atoms with van der Waals surface area (Å²) in [5.74, 6) is -0.370. The summed E-state index contributed by atoms with van der Waals surface area (Å²) >= 11 is 6.00. The van der Waals surface area contributed by atoms with E-state index in [-0.39, 0.29) is 17.3 Å². The van der Waals surface area contributed by atoms with Gasteiger partial charge in [-0.15, -0.1) is 0 Å². The van der Waals surface area contributed by atoms with Crippen molar-refractivity contribution in [1.82, 2.24) is 4.72 Å². The predicted octanol–water partition coefficient (Wildman–Crippen LogP) is 2.91. The molecular weight excluding hydrogens is 364 g/mol. The van der Waals surface area contributed by atoms with E-state index in [1.165, 1.54) is 24.3 Å². The van der Waals surface area contributed by atoms with E-state index in [1.54, 1.807) is 31.4 Å². The maximum Gasteiger partial charge on any atom is 0.255 e. The zero-order valence-corrected chi connectivity index (χ0v) is 15.2. The van der Waals surface area contributed by atoms with Crippen LogP contribution in [0.1, 0.15) is 16.8 Å². The highest BCUT2D eigenvalue weighted by atomic mass is 35.5. The molecule has 25 heavy (non-hydrogen) atoms. The highest BCUT2D eigenvalue weighted by Crippen LogP contribution is 2.21. The molecule has 8 heteroatoms. The molecular formula is C17H19ClN2O4S. The molecule has 0 atom stereocenters. The van der Waals surface area contributed by atoms with Crippen LogP contribution >= 0.6 is 11.6 Å². The largest absolute Gasteiger partial charge is 0.385 e. The molecule has 6 nitrogen and oxygen atoms in total. The summed E-state index contributed by atoms with van der Waals surface area (Å²) in [7, 11) is -2.05. The second-order valence-corrected chi connectivity index (χ2v) is 7.38. The monoisotopic (exact) mass is 382 g/mol. The Kier molecular flexibility index (Phi) is 6.95. The molecule has 0 heterocycles. The first-order valence-electron chi connectivity index (χ1n) is 7.58. The lowest BCUT2D eigenvalue weighted by atomic mass is 10.2. The molecule has 2 rings (SSSR count). The molecule has 0 saturated heterocycles. The molecule has 134 valence electrons. The zero-order valence-electron chi connectivity index (χ0n) is 13.7. The van der Waals surface area contributed by atoms with Gasteiger partial charge in [0.2, 0.25) is 10.0 Å². The van der Waals surface area contributed by atoms with Crippen LogP contribution in [-0.4, -0.2) is 34.6 Å². The molecule has 0 aliphatic carbocycles. The van der Waals surface area contributed by atoms with E-state index in [0.717, 1.165) is 0 Å². The first kappa shape index (κ1) is 19.4.